The highest BCUT2D eigenvalue weighted by atomic mass is 16.5. The molecular formula is C15H23NO. The van der Waals surface area contributed by atoms with Gasteiger partial charge in [-0.2, -0.15) is 0 Å². The Morgan fingerprint density at radius 3 is 2.47 bits per heavy atom. The third kappa shape index (κ3) is 3.47. The molecule has 1 aliphatic carbocycles. The average Bonchev–Trinajstić information content (AvgIpc) is 2.86. The third-order valence-corrected chi connectivity index (χ3v) is 3.85. The second kappa shape index (κ2) is 6.06. The van der Waals surface area contributed by atoms with Crippen LogP contribution < -0.4 is 10.5 Å². The first kappa shape index (κ1) is 12.4. The lowest BCUT2D eigenvalue weighted by Gasteiger charge is -2.22. The Morgan fingerprint density at radius 1 is 1.24 bits per heavy atom. The highest BCUT2D eigenvalue weighted by Crippen LogP contribution is 2.31. The van der Waals surface area contributed by atoms with E-state index in [0.717, 1.165) is 24.8 Å². The topological polar surface area (TPSA) is 35.2 Å². The van der Waals surface area contributed by atoms with Crippen LogP contribution in [0.1, 0.15) is 31.2 Å². The van der Waals surface area contributed by atoms with E-state index < -0.39 is 0 Å². The van der Waals surface area contributed by atoms with Crippen molar-refractivity contribution in [1.29, 1.82) is 0 Å². The van der Waals surface area contributed by atoms with Crippen LogP contribution in [0.2, 0.25) is 0 Å². The molecule has 0 bridgehead atoms. The van der Waals surface area contributed by atoms with Gasteiger partial charge >= 0.3 is 0 Å². The second-order valence-electron chi connectivity index (χ2n) is 5.16. The molecule has 1 unspecified atom stereocenters. The quantitative estimate of drug-likeness (QED) is 0.848. The van der Waals surface area contributed by atoms with E-state index in [4.69, 9.17) is 10.5 Å². The molecule has 2 nitrogen and oxygen atoms in total. The predicted molar refractivity (Wildman–Crippen MR) is 71.2 cm³/mol. The fourth-order valence-electron chi connectivity index (χ4n) is 2.66. The normalized spacial score (nSPS) is 18.2. The standard InChI is InChI=1S/C15H23NO/c1-12-6-8-15(9-7-12)17-11-14(10-16)13-4-2-3-5-13/h6-9,13-14H,2-5,10-11,16H2,1H3. The molecule has 0 saturated heterocycles. The van der Waals surface area contributed by atoms with Gasteiger partial charge in [-0.1, -0.05) is 43.4 Å². The minimum atomic E-state index is 0.527. The molecule has 0 radical (unpaired) electrons. The van der Waals surface area contributed by atoms with Crippen molar-refractivity contribution in [3.63, 3.8) is 0 Å². The first-order valence-corrected chi connectivity index (χ1v) is 6.69. The van der Waals surface area contributed by atoms with Crippen LogP contribution in [0.5, 0.6) is 5.75 Å². The van der Waals surface area contributed by atoms with Crippen molar-refractivity contribution in [3.8, 4) is 5.75 Å². The van der Waals surface area contributed by atoms with Crippen molar-refractivity contribution in [2.24, 2.45) is 17.6 Å². The van der Waals surface area contributed by atoms with Gasteiger partial charge in [0, 0.05) is 5.92 Å². The van der Waals surface area contributed by atoms with Gasteiger partial charge in [-0.15, -0.1) is 0 Å². The van der Waals surface area contributed by atoms with E-state index in [1.54, 1.807) is 0 Å². The molecule has 1 aromatic rings. The average molecular weight is 233 g/mol. The smallest absolute Gasteiger partial charge is 0.119 e. The molecule has 0 heterocycles. The fourth-order valence-corrected chi connectivity index (χ4v) is 2.66. The largest absolute Gasteiger partial charge is 0.493 e. The molecule has 94 valence electrons. The van der Waals surface area contributed by atoms with Crippen molar-refractivity contribution >= 4 is 0 Å². The maximum Gasteiger partial charge on any atom is 0.119 e. The Labute approximate surface area is 104 Å². The van der Waals surface area contributed by atoms with Crippen LogP contribution in [-0.4, -0.2) is 13.2 Å². The Bertz CT molecular complexity index is 327. The maximum atomic E-state index is 5.86. The van der Waals surface area contributed by atoms with Gasteiger partial charge in [-0.05, 0) is 31.5 Å². The Balaban J connectivity index is 1.84. The first-order chi connectivity index (χ1) is 8.29. The zero-order valence-corrected chi connectivity index (χ0v) is 10.7. The predicted octanol–water partition coefficient (Wildman–Crippen LogP) is 3.14. The van der Waals surface area contributed by atoms with E-state index in [0.29, 0.717) is 5.92 Å². The van der Waals surface area contributed by atoms with Crippen LogP contribution in [0.4, 0.5) is 0 Å². The molecule has 0 aromatic heterocycles. The molecule has 0 aliphatic heterocycles. The number of rotatable bonds is 5. The number of benzene rings is 1. The summed E-state index contributed by atoms with van der Waals surface area (Å²) in [4.78, 5) is 0. The van der Waals surface area contributed by atoms with E-state index in [1.165, 1.54) is 31.2 Å². The molecule has 0 spiro atoms. The third-order valence-electron chi connectivity index (χ3n) is 3.85. The van der Waals surface area contributed by atoms with Crippen LogP contribution in [0.15, 0.2) is 24.3 Å². The van der Waals surface area contributed by atoms with Crippen molar-refractivity contribution in [3.05, 3.63) is 29.8 Å². The molecule has 1 atom stereocenters. The molecule has 2 heteroatoms. The zero-order valence-electron chi connectivity index (χ0n) is 10.7. The molecule has 1 fully saturated rings. The van der Waals surface area contributed by atoms with Crippen molar-refractivity contribution in [2.45, 2.75) is 32.6 Å². The fraction of sp³-hybridized carbons (Fsp3) is 0.600. The highest BCUT2D eigenvalue weighted by molar-refractivity contribution is 5.26. The molecule has 17 heavy (non-hydrogen) atoms. The van der Waals surface area contributed by atoms with E-state index in [9.17, 15) is 0 Å². The summed E-state index contributed by atoms with van der Waals surface area (Å²) < 4.78 is 5.85. The summed E-state index contributed by atoms with van der Waals surface area (Å²) in [5.41, 5.74) is 7.13. The lowest BCUT2D eigenvalue weighted by Crippen LogP contribution is -2.27. The van der Waals surface area contributed by atoms with E-state index in [2.05, 4.69) is 19.1 Å². The van der Waals surface area contributed by atoms with Gasteiger partial charge in [0.05, 0.1) is 6.61 Å². The molecular weight excluding hydrogens is 210 g/mol. The van der Waals surface area contributed by atoms with Crippen molar-refractivity contribution < 1.29 is 4.74 Å². The second-order valence-corrected chi connectivity index (χ2v) is 5.16. The number of nitrogens with two attached hydrogens (primary N) is 1. The molecule has 2 N–H and O–H groups in total. The maximum absolute atomic E-state index is 5.86. The Hall–Kier alpha value is -1.02. The molecule has 2 rings (SSSR count). The molecule has 1 aliphatic rings. The monoisotopic (exact) mass is 233 g/mol. The summed E-state index contributed by atoms with van der Waals surface area (Å²) in [6.45, 7) is 3.60. The lowest BCUT2D eigenvalue weighted by molar-refractivity contribution is 0.200. The van der Waals surface area contributed by atoms with Gasteiger partial charge in [0.2, 0.25) is 0 Å². The summed E-state index contributed by atoms with van der Waals surface area (Å²) in [5.74, 6) is 2.27. The summed E-state index contributed by atoms with van der Waals surface area (Å²) in [7, 11) is 0. The van der Waals surface area contributed by atoms with Crippen molar-refractivity contribution in [1.82, 2.24) is 0 Å². The van der Waals surface area contributed by atoms with Gasteiger partial charge in [0.25, 0.3) is 0 Å². The van der Waals surface area contributed by atoms with Crippen LogP contribution in [-0.2, 0) is 0 Å². The van der Waals surface area contributed by atoms with Crippen LogP contribution in [0.25, 0.3) is 0 Å². The van der Waals surface area contributed by atoms with E-state index in [-0.39, 0.29) is 0 Å². The highest BCUT2D eigenvalue weighted by Gasteiger charge is 2.24. The van der Waals surface area contributed by atoms with Gasteiger partial charge in [0.1, 0.15) is 5.75 Å². The summed E-state index contributed by atoms with van der Waals surface area (Å²) in [6.07, 6.45) is 5.40. The van der Waals surface area contributed by atoms with Gasteiger partial charge in [0.15, 0.2) is 0 Å². The van der Waals surface area contributed by atoms with E-state index in [1.807, 2.05) is 12.1 Å². The Kier molecular flexibility index (Phi) is 4.43. The van der Waals surface area contributed by atoms with Crippen LogP contribution >= 0.6 is 0 Å². The molecule has 1 saturated carbocycles. The van der Waals surface area contributed by atoms with E-state index >= 15 is 0 Å². The summed E-state index contributed by atoms with van der Waals surface area (Å²) >= 11 is 0. The number of aryl methyl sites for hydroxylation is 1. The van der Waals surface area contributed by atoms with Gasteiger partial charge in [-0.3, -0.25) is 0 Å². The number of hydrogen-bond acceptors (Lipinski definition) is 2. The molecule has 0 amide bonds. The van der Waals surface area contributed by atoms with Crippen LogP contribution in [0, 0.1) is 18.8 Å². The first-order valence-electron chi connectivity index (χ1n) is 6.69. The zero-order chi connectivity index (χ0) is 12.1. The van der Waals surface area contributed by atoms with Gasteiger partial charge in [-0.25, -0.2) is 0 Å². The van der Waals surface area contributed by atoms with Crippen LogP contribution in [0.3, 0.4) is 0 Å². The lowest BCUT2D eigenvalue weighted by atomic mass is 9.92. The minimum absolute atomic E-state index is 0.527. The van der Waals surface area contributed by atoms with Crippen molar-refractivity contribution in [2.75, 3.05) is 13.2 Å². The number of ether oxygens (including phenoxy) is 1. The Morgan fingerprint density at radius 2 is 1.88 bits per heavy atom. The number of hydrogen-bond donors (Lipinski definition) is 1. The molecule has 1 aromatic carbocycles. The minimum Gasteiger partial charge on any atom is -0.493 e. The SMILES string of the molecule is Cc1ccc(OCC(CN)C2CCCC2)cc1. The summed E-state index contributed by atoms with van der Waals surface area (Å²) in [5, 5.41) is 0. The summed E-state index contributed by atoms with van der Waals surface area (Å²) in [6, 6.07) is 8.25. The van der Waals surface area contributed by atoms with Gasteiger partial charge < -0.3 is 10.5 Å².